The lowest BCUT2D eigenvalue weighted by atomic mass is 10.0. The van der Waals surface area contributed by atoms with E-state index in [2.05, 4.69) is 11.9 Å². The van der Waals surface area contributed by atoms with E-state index < -0.39 is 6.04 Å². The van der Waals surface area contributed by atoms with Crippen LogP contribution in [0.5, 0.6) is 0 Å². The zero-order valence-electron chi connectivity index (χ0n) is 31.1. The first-order valence-electron chi connectivity index (χ1n) is 18.4. The largest absolute Gasteiger partial charge is 0.503 e. The van der Waals surface area contributed by atoms with Crippen LogP contribution in [-0.2, 0) is 22.6 Å². The van der Waals surface area contributed by atoms with Gasteiger partial charge in [0.15, 0.2) is 11.5 Å². The van der Waals surface area contributed by atoms with Gasteiger partial charge >= 0.3 is 0 Å². The molecule has 4 heterocycles. The summed E-state index contributed by atoms with van der Waals surface area (Å²) in [6, 6.07) is 12.9. The van der Waals surface area contributed by atoms with Gasteiger partial charge in [-0.2, -0.15) is 0 Å². The number of imidazole rings is 1. The first-order chi connectivity index (χ1) is 25.2. The molecule has 52 heavy (non-hydrogen) atoms. The maximum atomic E-state index is 13.0. The first kappa shape index (κ1) is 39.5. The second-order valence-corrected chi connectivity index (χ2v) is 12.8. The van der Waals surface area contributed by atoms with Crippen LogP contribution in [0.4, 0.5) is 0 Å². The fourth-order valence-corrected chi connectivity index (χ4v) is 6.70. The molecule has 2 aliphatic rings. The summed E-state index contributed by atoms with van der Waals surface area (Å²) in [6.07, 6.45) is 17.5. The number of furan rings is 1. The molecule has 0 saturated carbocycles. The number of aliphatic hydroxyl groups excluding tert-OH is 2. The van der Waals surface area contributed by atoms with Crippen molar-refractivity contribution in [1.82, 2.24) is 24.3 Å². The highest BCUT2D eigenvalue weighted by molar-refractivity contribution is 5.96. The van der Waals surface area contributed by atoms with Gasteiger partial charge in [-0.25, -0.2) is 4.98 Å². The predicted octanol–water partition coefficient (Wildman–Crippen LogP) is 7.84. The number of aryl methyl sites for hydroxylation is 1. The number of hydrogen-bond acceptors (Lipinski definition) is 7. The third-order valence-electron chi connectivity index (χ3n) is 9.34. The number of hydrogen-bond donors (Lipinski definition) is 3. The fraction of sp³-hybridized carbons (Fsp3) is 0.415. The van der Waals surface area contributed by atoms with Crippen LogP contribution in [0.3, 0.4) is 0 Å². The summed E-state index contributed by atoms with van der Waals surface area (Å²) in [5.74, 6) is 0.416. The van der Waals surface area contributed by atoms with Gasteiger partial charge in [-0.15, -0.1) is 0 Å². The number of aliphatic hydroxyl groups is 2. The molecule has 0 spiro atoms. The molecule has 2 amide bonds. The van der Waals surface area contributed by atoms with E-state index in [0.717, 1.165) is 16.9 Å². The Morgan fingerprint density at radius 2 is 1.63 bits per heavy atom. The molecule has 2 aliphatic heterocycles. The maximum Gasteiger partial charge on any atom is 0.289 e. The van der Waals surface area contributed by atoms with Crippen molar-refractivity contribution >= 4 is 24.2 Å². The Balaban J connectivity index is 0.00000297. The number of aromatic nitrogens is 2. The summed E-state index contributed by atoms with van der Waals surface area (Å²) in [5, 5.41) is 29.2. The van der Waals surface area contributed by atoms with Crippen molar-refractivity contribution in [2.75, 3.05) is 19.6 Å². The van der Waals surface area contributed by atoms with Gasteiger partial charge in [0.2, 0.25) is 0 Å². The van der Waals surface area contributed by atoms with Gasteiger partial charge < -0.3 is 33.9 Å². The van der Waals surface area contributed by atoms with Crippen LogP contribution in [-0.4, -0.2) is 78.3 Å². The Morgan fingerprint density at radius 3 is 2.31 bits per heavy atom. The van der Waals surface area contributed by atoms with Gasteiger partial charge in [0, 0.05) is 62.3 Å². The molecular weight excluding hydrogens is 656 g/mol. The van der Waals surface area contributed by atoms with Crippen LogP contribution in [0.15, 0.2) is 107 Å². The minimum atomic E-state index is -0.440. The normalized spacial score (nSPS) is 18.2. The van der Waals surface area contributed by atoms with E-state index in [1.54, 1.807) is 27.2 Å². The number of amides is 2. The average Bonchev–Trinajstić information content (AvgIpc) is 3.95. The summed E-state index contributed by atoms with van der Waals surface area (Å²) >= 11 is 0. The first-order valence-corrected chi connectivity index (χ1v) is 18.4. The van der Waals surface area contributed by atoms with Crippen molar-refractivity contribution in [3.63, 3.8) is 0 Å². The summed E-state index contributed by atoms with van der Waals surface area (Å²) in [4.78, 5) is 35.2. The van der Waals surface area contributed by atoms with E-state index in [1.165, 1.54) is 6.34 Å². The third-order valence-corrected chi connectivity index (χ3v) is 9.34. The minimum Gasteiger partial charge on any atom is -0.503 e. The molecular formula is C41H54N6O5. The average molecular weight is 711 g/mol. The van der Waals surface area contributed by atoms with Crippen molar-refractivity contribution in [1.29, 1.82) is 5.41 Å². The summed E-state index contributed by atoms with van der Waals surface area (Å²) in [6.45, 7) is 12.1. The van der Waals surface area contributed by atoms with Gasteiger partial charge in [-0.3, -0.25) is 15.0 Å². The molecule has 3 N–H and O–H groups in total. The van der Waals surface area contributed by atoms with E-state index in [0.29, 0.717) is 69.6 Å². The Bertz CT molecular complexity index is 1740. The van der Waals surface area contributed by atoms with Gasteiger partial charge in [0.05, 0.1) is 18.7 Å². The van der Waals surface area contributed by atoms with Gasteiger partial charge in [-0.1, -0.05) is 83.2 Å². The van der Waals surface area contributed by atoms with Gasteiger partial charge in [0.1, 0.15) is 17.6 Å². The summed E-state index contributed by atoms with van der Waals surface area (Å²) in [5.41, 5.74) is 2.41. The zero-order chi connectivity index (χ0) is 37.6. The maximum absolute atomic E-state index is 13.0. The number of nitrogens with zero attached hydrogens (tertiary/aromatic N) is 5. The highest BCUT2D eigenvalue weighted by Crippen LogP contribution is 2.40. The van der Waals surface area contributed by atoms with Crippen molar-refractivity contribution < 1.29 is 24.2 Å². The number of carbonyl (C=O) groups excluding carboxylic acids is 2. The Hall–Kier alpha value is -5.32. The number of nitrogens with one attached hydrogen (secondary N) is 1. The molecule has 0 aliphatic carbocycles. The fourth-order valence-electron chi connectivity index (χ4n) is 6.70. The van der Waals surface area contributed by atoms with E-state index >= 15 is 0 Å². The molecule has 3 aromatic rings. The lowest BCUT2D eigenvalue weighted by Gasteiger charge is -2.25. The summed E-state index contributed by atoms with van der Waals surface area (Å²) < 4.78 is 8.25. The molecule has 278 valence electrons. The second-order valence-electron chi connectivity index (χ2n) is 12.8. The molecule has 5 rings (SSSR count). The smallest absolute Gasteiger partial charge is 0.289 e. The van der Waals surface area contributed by atoms with E-state index in [9.17, 15) is 19.8 Å². The van der Waals surface area contributed by atoms with Crippen molar-refractivity contribution in [3.05, 3.63) is 119 Å². The van der Waals surface area contributed by atoms with Crippen LogP contribution in [0.2, 0.25) is 0 Å². The number of carbonyl (C=O) groups is 2. The van der Waals surface area contributed by atoms with Crippen LogP contribution < -0.4 is 0 Å². The van der Waals surface area contributed by atoms with E-state index in [4.69, 9.17) is 9.83 Å². The lowest BCUT2D eigenvalue weighted by molar-refractivity contribution is -0.130. The number of rotatable bonds is 18. The van der Waals surface area contributed by atoms with Crippen LogP contribution in [0.1, 0.15) is 83.4 Å². The Labute approximate surface area is 307 Å². The SMILES string of the molecule is CC.CCC1=C(O)C(=O)N(CCCN(C=N)/C=C\C(C)Cc2ccc(C3C(CC)=C(O)C(=O)N3CCCn3ccnc3)o2)C1/C=C/c1ccccc1. The van der Waals surface area contributed by atoms with E-state index in [-0.39, 0.29) is 35.3 Å². The lowest BCUT2D eigenvalue weighted by Crippen LogP contribution is -2.36. The standard InChI is InChI=1S/C39H48N6O5.C2H6/c1-4-31-33(15-13-29-11-7-6-8-12-29)44(38(48)36(31)46)21-9-19-42(26-40)23-17-28(3)25-30-14-16-34(50-30)35-32(5-2)37(47)39(49)45(35)22-10-20-43-24-18-41-27-43;1-2/h6-8,11-18,23-24,26-28,33,35,40,46-47H,4-5,9-10,19-22,25H2,1-3H3;1-2H3/b15-13+,23-17-,40-26?;. The van der Waals surface area contributed by atoms with Crippen molar-refractivity contribution in [2.45, 2.75) is 85.4 Å². The molecule has 0 fully saturated rings. The molecule has 3 unspecified atom stereocenters. The summed E-state index contributed by atoms with van der Waals surface area (Å²) in [7, 11) is 0. The quantitative estimate of drug-likeness (QED) is 0.0903. The third kappa shape index (κ3) is 9.51. The molecule has 3 atom stereocenters. The molecule has 0 bridgehead atoms. The number of benzene rings is 1. The zero-order valence-corrected chi connectivity index (χ0v) is 31.1. The molecule has 1 aromatic carbocycles. The predicted molar refractivity (Wildman–Crippen MR) is 204 cm³/mol. The Morgan fingerprint density at radius 1 is 0.942 bits per heavy atom. The van der Waals surface area contributed by atoms with Gasteiger partial charge in [-0.05, 0) is 49.3 Å². The molecule has 11 heteroatoms. The Kier molecular flexibility index (Phi) is 14.7. The molecule has 11 nitrogen and oxygen atoms in total. The molecule has 0 radical (unpaired) electrons. The van der Waals surface area contributed by atoms with Crippen LogP contribution >= 0.6 is 0 Å². The minimum absolute atomic E-state index is 0.0865. The van der Waals surface area contributed by atoms with Crippen LogP contribution in [0, 0.1) is 11.3 Å². The van der Waals surface area contributed by atoms with E-state index in [1.807, 2.05) is 105 Å². The monoisotopic (exact) mass is 710 g/mol. The second kappa shape index (κ2) is 19.3. The highest BCUT2D eigenvalue weighted by atomic mass is 16.3. The van der Waals surface area contributed by atoms with Gasteiger partial charge in [0.25, 0.3) is 11.8 Å². The van der Waals surface area contributed by atoms with Crippen LogP contribution in [0.25, 0.3) is 6.08 Å². The van der Waals surface area contributed by atoms with Crippen molar-refractivity contribution in [2.24, 2.45) is 5.92 Å². The topological polar surface area (TPSA) is 139 Å². The number of allylic oxidation sites excluding steroid dienone is 1. The highest BCUT2D eigenvalue weighted by Gasteiger charge is 2.41. The molecule has 2 aromatic heterocycles. The van der Waals surface area contributed by atoms with Crippen molar-refractivity contribution in [3.8, 4) is 0 Å². The molecule has 0 saturated heterocycles.